The van der Waals surface area contributed by atoms with Gasteiger partial charge in [0.05, 0.1) is 0 Å². The molecular formula is C12H15N3O. The summed E-state index contributed by atoms with van der Waals surface area (Å²) >= 11 is 0. The van der Waals surface area contributed by atoms with E-state index in [0.717, 1.165) is 36.2 Å². The second kappa shape index (κ2) is 3.79. The van der Waals surface area contributed by atoms with Crippen LogP contribution in [0.4, 0.5) is 6.01 Å². The predicted molar refractivity (Wildman–Crippen MR) is 63.6 cm³/mol. The Labute approximate surface area is 94.0 Å². The van der Waals surface area contributed by atoms with Crippen LogP contribution in [0.1, 0.15) is 12.0 Å². The Morgan fingerprint density at radius 2 is 2.44 bits per heavy atom. The number of fused-ring (bicyclic) bond motifs is 1. The highest BCUT2D eigenvalue weighted by molar-refractivity contribution is 5.77. The largest absolute Gasteiger partial charge is 0.423 e. The van der Waals surface area contributed by atoms with Gasteiger partial charge in [-0.25, -0.2) is 0 Å². The number of aromatic nitrogens is 1. The first-order valence-corrected chi connectivity index (χ1v) is 5.66. The SMILES string of the molecule is Cc1cccc2nc(NC3CCNC3)oc12. The van der Waals surface area contributed by atoms with Crippen LogP contribution < -0.4 is 10.6 Å². The Bertz CT molecular complexity index is 500. The van der Waals surface area contributed by atoms with E-state index in [4.69, 9.17) is 4.42 Å². The van der Waals surface area contributed by atoms with Gasteiger partial charge in [-0.15, -0.1) is 0 Å². The van der Waals surface area contributed by atoms with Gasteiger partial charge in [0.15, 0.2) is 5.58 Å². The highest BCUT2D eigenvalue weighted by atomic mass is 16.4. The van der Waals surface area contributed by atoms with Gasteiger partial charge in [-0.2, -0.15) is 4.98 Å². The van der Waals surface area contributed by atoms with Gasteiger partial charge >= 0.3 is 0 Å². The molecule has 1 aromatic heterocycles. The van der Waals surface area contributed by atoms with Crippen molar-refractivity contribution in [2.75, 3.05) is 18.4 Å². The van der Waals surface area contributed by atoms with Gasteiger partial charge in [0.1, 0.15) is 5.52 Å². The van der Waals surface area contributed by atoms with Crippen LogP contribution in [0.5, 0.6) is 0 Å². The lowest BCUT2D eigenvalue weighted by molar-refractivity contribution is 0.597. The van der Waals surface area contributed by atoms with E-state index >= 15 is 0 Å². The zero-order chi connectivity index (χ0) is 11.0. The molecule has 16 heavy (non-hydrogen) atoms. The standard InChI is InChI=1S/C12H15N3O/c1-8-3-2-4-10-11(8)16-12(15-10)14-9-5-6-13-7-9/h2-4,9,13H,5-7H2,1H3,(H,14,15). The van der Waals surface area contributed by atoms with E-state index in [1.807, 2.05) is 25.1 Å². The molecule has 1 aliphatic rings. The Balaban J connectivity index is 1.90. The molecule has 0 amide bonds. The van der Waals surface area contributed by atoms with Crippen LogP contribution in [0.3, 0.4) is 0 Å². The van der Waals surface area contributed by atoms with E-state index in [9.17, 15) is 0 Å². The summed E-state index contributed by atoms with van der Waals surface area (Å²) in [5.74, 6) is 0. The average molecular weight is 217 g/mol. The molecule has 4 heteroatoms. The molecule has 2 aromatic rings. The number of aryl methyl sites for hydroxylation is 1. The summed E-state index contributed by atoms with van der Waals surface area (Å²) in [7, 11) is 0. The van der Waals surface area contributed by atoms with E-state index in [-0.39, 0.29) is 0 Å². The molecule has 1 fully saturated rings. The third-order valence-electron chi connectivity index (χ3n) is 3.00. The minimum absolute atomic E-state index is 0.438. The maximum atomic E-state index is 5.71. The summed E-state index contributed by atoms with van der Waals surface area (Å²) in [5.41, 5.74) is 2.94. The summed E-state index contributed by atoms with van der Waals surface area (Å²) in [4.78, 5) is 4.43. The van der Waals surface area contributed by atoms with Crippen molar-refractivity contribution in [1.29, 1.82) is 0 Å². The van der Waals surface area contributed by atoms with E-state index in [1.165, 1.54) is 0 Å². The summed E-state index contributed by atoms with van der Waals surface area (Å²) in [6.07, 6.45) is 1.12. The monoisotopic (exact) mass is 217 g/mol. The van der Waals surface area contributed by atoms with Gasteiger partial charge in [-0.3, -0.25) is 0 Å². The number of rotatable bonds is 2. The highest BCUT2D eigenvalue weighted by Crippen LogP contribution is 2.22. The van der Waals surface area contributed by atoms with Gasteiger partial charge in [0.25, 0.3) is 6.01 Å². The number of nitrogens with zero attached hydrogens (tertiary/aromatic N) is 1. The fourth-order valence-electron chi connectivity index (χ4n) is 2.10. The van der Waals surface area contributed by atoms with Crippen LogP contribution in [0.15, 0.2) is 22.6 Å². The van der Waals surface area contributed by atoms with Crippen LogP contribution >= 0.6 is 0 Å². The molecule has 84 valence electrons. The Morgan fingerprint density at radius 1 is 1.50 bits per heavy atom. The van der Waals surface area contributed by atoms with Gasteiger partial charge in [0.2, 0.25) is 0 Å². The molecule has 2 heterocycles. The topological polar surface area (TPSA) is 50.1 Å². The lowest BCUT2D eigenvalue weighted by Crippen LogP contribution is -2.22. The van der Waals surface area contributed by atoms with Crippen LogP contribution in [-0.4, -0.2) is 24.1 Å². The smallest absolute Gasteiger partial charge is 0.295 e. The van der Waals surface area contributed by atoms with E-state index < -0.39 is 0 Å². The lowest BCUT2D eigenvalue weighted by atomic mass is 10.2. The molecule has 4 nitrogen and oxygen atoms in total. The number of anilines is 1. The van der Waals surface area contributed by atoms with Crippen molar-refractivity contribution in [2.45, 2.75) is 19.4 Å². The van der Waals surface area contributed by atoms with Gasteiger partial charge in [-0.1, -0.05) is 12.1 Å². The molecular weight excluding hydrogens is 202 g/mol. The van der Waals surface area contributed by atoms with E-state index in [1.54, 1.807) is 0 Å². The summed E-state index contributed by atoms with van der Waals surface area (Å²) in [5, 5.41) is 6.62. The minimum Gasteiger partial charge on any atom is -0.423 e. The summed E-state index contributed by atoms with van der Waals surface area (Å²) < 4.78 is 5.71. The maximum Gasteiger partial charge on any atom is 0.295 e. The average Bonchev–Trinajstić information content (AvgIpc) is 2.88. The molecule has 2 N–H and O–H groups in total. The molecule has 1 unspecified atom stereocenters. The first-order chi connectivity index (χ1) is 7.83. The molecule has 0 spiro atoms. The first kappa shape index (κ1) is 9.66. The minimum atomic E-state index is 0.438. The lowest BCUT2D eigenvalue weighted by Gasteiger charge is -2.07. The molecule has 0 saturated carbocycles. The zero-order valence-electron chi connectivity index (χ0n) is 9.29. The summed E-state index contributed by atoms with van der Waals surface area (Å²) in [6, 6.07) is 7.09. The van der Waals surface area contributed by atoms with Crippen molar-refractivity contribution in [2.24, 2.45) is 0 Å². The molecule has 3 rings (SSSR count). The molecule has 0 bridgehead atoms. The van der Waals surface area contributed by atoms with E-state index in [2.05, 4.69) is 15.6 Å². The van der Waals surface area contributed by atoms with Crippen molar-refractivity contribution in [3.63, 3.8) is 0 Å². The number of nitrogens with one attached hydrogen (secondary N) is 2. The first-order valence-electron chi connectivity index (χ1n) is 5.66. The number of hydrogen-bond donors (Lipinski definition) is 2. The molecule has 1 aliphatic heterocycles. The van der Waals surface area contributed by atoms with Gasteiger partial charge < -0.3 is 15.1 Å². The fraction of sp³-hybridized carbons (Fsp3) is 0.417. The Hall–Kier alpha value is -1.55. The van der Waals surface area contributed by atoms with Crippen LogP contribution in [0.25, 0.3) is 11.1 Å². The summed E-state index contributed by atoms with van der Waals surface area (Å²) in [6.45, 7) is 4.09. The second-order valence-corrected chi connectivity index (χ2v) is 4.28. The van der Waals surface area contributed by atoms with Crippen molar-refractivity contribution in [3.8, 4) is 0 Å². The van der Waals surface area contributed by atoms with Gasteiger partial charge in [0, 0.05) is 12.6 Å². The Morgan fingerprint density at radius 3 is 3.19 bits per heavy atom. The van der Waals surface area contributed by atoms with Crippen molar-refractivity contribution < 1.29 is 4.42 Å². The second-order valence-electron chi connectivity index (χ2n) is 4.28. The van der Waals surface area contributed by atoms with E-state index in [0.29, 0.717) is 12.1 Å². The normalized spacial score (nSPS) is 20.4. The number of hydrogen-bond acceptors (Lipinski definition) is 4. The predicted octanol–water partition coefficient (Wildman–Crippen LogP) is 1.91. The van der Waals surface area contributed by atoms with Crippen molar-refractivity contribution in [3.05, 3.63) is 23.8 Å². The third-order valence-corrected chi connectivity index (χ3v) is 3.00. The van der Waals surface area contributed by atoms with Crippen LogP contribution in [0, 0.1) is 6.92 Å². The molecule has 0 radical (unpaired) electrons. The molecule has 1 atom stereocenters. The van der Waals surface area contributed by atoms with Crippen LogP contribution in [-0.2, 0) is 0 Å². The number of oxazole rings is 1. The van der Waals surface area contributed by atoms with Crippen molar-refractivity contribution in [1.82, 2.24) is 10.3 Å². The maximum absolute atomic E-state index is 5.71. The number of para-hydroxylation sites is 1. The molecule has 1 saturated heterocycles. The van der Waals surface area contributed by atoms with Crippen LogP contribution in [0.2, 0.25) is 0 Å². The quantitative estimate of drug-likeness (QED) is 0.806. The molecule has 1 aromatic carbocycles. The Kier molecular flexibility index (Phi) is 2.29. The van der Waals surface area contributed by atoms with Crippen molar-refractivity contribution >= 4 is 17.1 Å². The third kappa shape index (κ3) is 1.65. The van der Waals surface area contributed by atoms with Gasteiger partial charge in [-0.05, 0) is 31.5 Å². The fourth-order valence-corrected chi connectivity index (χ4v) is 2.10. The zero-order valence-corrected chi connectivity index (χ0v) is 9.29. The highest BCUT2D eigenvalue weighted by Gasteiger charge is 2.16. The molecule has 0 aliphatic carbocycles. The number of benzene rings is 1.